The van der Waals surface area contributed by atoms with E-state index < -0.39 is 0 Å². The van der Waals surface area contributed by atoms with E-state index in [1.54, 1.807) is 0 Å². The number of rotatable bonds is 5. The van der Waals surface area contributed by atoms with Gasteiger partial charge in [-0.15, -0.1) is 0 Å². The Bertz CT molecular complexity index is 200. The van der Waals surface area contributed by atoms with Crippen LogP contribution < -0.4 is 11.1 Å². The summed E-state index contributed by atoms with van der Waals surface area (Å²) < 4.78 is 5.76. The van der Waals surface area contributed by atoms with Gasteiger partial charge < -0.3 is 15.8 Å². The van der Waals surface area contributed by atoms with Crippen LogP contribution in [0.15, 0.2) is 0 Å². The van der Waals surface area contributed by atoms with E-state index in [2.05, 4.69) is 33.0 Å². The molecule has 1 heterocycles. The number of hydrogen-bond acceptors (Lipinski definition) is 3. The van der Waals surface area contributed by atoms with E-state index in [4.69, 9.17) is 10.5 Å². The van der Waals surface area contributed by atoms with Crippen LogP contribution in [-0.2, 0) is 4.74 Å². The monoisotopic (exact) mass is 214 g/mol. The number of ether oxygens (including phenoxy) is 1. The highest BCUT2D eigenvalue weighted by atomic mass is 16.5. The first-order valence-corrected chi connectivity index (χ1v) is 6.01. The molecule has 1 aliphatic rings. The van der Waals surface area contributed by atoms with Crippen LogP contribution in [0, 0.1) is 5.92 Å². The maximum Gasteiger partial charge on any atom is 0.0779 e. The Morgan fingerprint density at radius 3 is 2.60 bits per heavy atom. The van der Waals surface area contributed by atoms with Crippen molar-refractivity contribution in [3.63, 3.8) is 0 Å². The van der Waals surface area contributed by atoms with Gasteiger partial charge in [0.25, 0.3) is 0 Å². The van der Waals surface area contributed by atoms with Gasteiger partial charge in [-0.2, -0.15) is 0 Å². The highest BCUT2D eigenvalue weighted by molar-refractivity contribution is 4.92. The molecule has 0 aliphatic carbocycles. The van der Waals surface area contributed by atoms with Crippen molar-refractivity contribution in [2.45, 2.75) is 51.7 Å². The van der Waals surface area contributed by atoms with E-state index in [-0.39, 0.29) is 11.1 Å². The molecule has 0 saturated carbocycles. The van der Waals surface area contributed by atoms with E-state index in [0.29, 0.717) is 12.5 Å². The lowest BCUT2D eigenvalue weighted by Gasteiger charge is -2.37. The minimum Gasteiger partial charge on any atom is -0.374 e. The number of nitrogens with one attached hydrogen (secondary N) is 1. The second-order valence-corrected chi connectivity index (χ2v) is 5.53. The number of nitrogens with two attached hydrogens (primary N) is 1. The van der Waals surface area contributed by atoms with Crippen molar-refractivity contribution in [1.82, 2.24) is 5.32 Å². The van der Waals surface area contributed by atoms with Crippen molar-refractivity contribution in [1.29, 1.82) is 0 Å². The van der Waals surface area contributed by atoms with Crippen LogP contribution >= 0.6 is 0 Å². The molecule has 0 spiro atoms. The van der Waals surface area contributed by atoms with Gasteiger partial charge in [0, 0.05) is 25.2 Å². The summed E-state index contributed by atoms with van der Waals surface area (Å²) in [5.74, 6) is 0.535. The first-order valence-electron chi connectivity index (χ1n) is 6.01. The van der Waals surface area contributed by atoms with Crippen LogP contribution in [0.1, 0.15) is 40.5 Å². The Kier molecular flexibility index (Phi) is 4.15. The maximum atomic E-state index is 5.83. The molecule has 0 bridgehead atoms. The Morgan fingerprint density at radius 1 is 1.53 bits per heavy atom. The van der Waals surface area contributed by atoms with Crippen LogP contribution in [0.5, 0.6) is 0 Å². The number of hydrogen-bond donors (Lipinski definition) is 2. The van der Waals surface area contributed by atoms with Crippen molar-refractivity contribution in [2.75, 3.05) is 19.7 Å². The van der Waals surface area contributed by atoms with Gasteiger partial charge in [0.05, 0.1) is 5.60 Å². The third kappa shape index (κ3) is 3.16. The second kappa shape index (κ2) is 4.81. The van der Waals surface area contributed by atoms with Crippen LogP contribution in [-0.4, -0.2) is 30.8 Å². The predicted molar refractivity (Wildman–Crippen MR) is 63.9 cm³/mol. The molecule has 0 aromatic rings. The molecule has 90 valence electrons. The fourth-order valence-electron chi connectivity index (χ4n) is 1.88. The fraction of sp³-hybridized carbons (Fsp3) is 1.00. The summed E-state index contributed by atoms with van der Waals surface area (Å²) in [4.78, 5) is 0. The summed E-state index contributed by atoms with van der Waals surface area (Å²) in [6, 6.07) is 0. The molecule has 2 unspecified atom stereocenters. The molecule has 3 heteroatoms. The van der Waals surface area contributed by atoms with Gasteiger partial charge >= 0.3 is 0 Å². The zero-order chi connectivity index (χ0) is 11.5. The topological polar surface area (TPSA) is 47.3 Å². The molecule has 0 amide bonds. The van der Waals surface area contributed by atoms with Gasteiger partial charge in [-0.3, -0.25) is 0 Å². The van der Waals surface area contributed by atoms with Crippen LogP contribution in [0.4, 0.5) is 0 Å². The van der Waals surface area contributed by atoms with E-state index in [9.17, 15) is 0 Å². The quantitative estimate of drug-likeness (QED) is 0.729. The summed E-state index contributed by atoms with van der Waals surface area (Å²) in [5, 5.41) is 3.58. The van der Waals surface area contributed by atoms with E-state index in [1.807, 2.05) is 0 Å². The van der Waals surface area contributed by atoms with Crippen molar-refractivity contribution in [3.8, 4) is 0 Å². The largest absolute Gasteiger partial charge is 0.374 e. The van der Waals surface area contributed by atoms with Gasteiger partial charge in [0.2, 0.25) is 0 Å². The lowest BCUT2D eigenvalue weighted by Crippen LogP contribution is -2.56. The van der Waals surface area contributed by atoms with Gasteiger partial charge in [-0.25, -0.2) is 0 Å². The Labute approximate surface area is 93.8 Å². The third-order valence-corrected chi connectivity index (χ3v) is 3.86. The average molecular weight is 214 g/mol. The molecular weight excluding hydrogens is 188 g/mol. The van der Waals surface area contributed by atoms with Crippen LogP contribution in [0.25, 0.3) is 0 Å². The van der Waals surface area contributed by atoms with Crippen LogP contribution in [0.2, 0.25) is 0 Å². The third-order valence-electron chi connectivity index (χ3n) is 3.86. The Balaban J connectivity index is 2.46. The molecule has 1 aliphatic heterocycles. The molecule has 3 nitrogen and oxygen atoms in total. The zero-order valence-corrected chi connectivity index (χ0v) is 10.6. The second-order valence-electron chi connectivity index (χ2n) is 5.53. The normalized spacial score (nSPS) is 30.8. The molecular formula is C12H26N2O. The first kappa shape index (κ1) is 12.9. The van der Waals surface area contributed by atoms with Crippen molar-refractivity contribution < 1.29 is 4.74 Å². The molecule has 0 aromatic carbocycles. The summed E-state index contributed by atoms with van der Waals surface area (Å²) in [7, 11) is 0. The summed E-state index contributed by atoms with van der Waals surface area (Å²) in [6.07, 6.45) is 2.33. The Morgan fingerprint density at radius 2 is 2.20 bits per heavy atom. The van der Waals surface area contributed by atoms with Crippen molar-refractivity contribution in [2.24, 2.45) is 11.7 Å². The van der Waals surface area contributed by atoms with Gasteiger partial charge in [-0.05, 0) is 32.6 Å². The lowest BCUT2D eigenvalue weighted by atomic mass is 9.87. The molecule has 1 saturated heterocycles. The van der Waals surface area contributed by atoms with Crippen molar-refractivity contribution in [3.05, 3.63) is 0 Å². The summed E-state index contributed by atoms with van der Waals surface area (Å²) >= 11 is 0. The fourth-order valence-corrected chi connectivity index (χ4v) is 1.88. The molecule has 1 fully saturated rings. The highest BCUT2D eigenvalue weighted by Crippen LogP contribution is 2.25. The molecule has 0 aromatic heterocycles. The Hall–Kier alpha value is -0.120. The van der Waals surface area contributed by atoms with E-state index in [0.717, 1.165) is 19.6 Å². The van der Waals surface area contributed by atoms with Crippen molar-refractivity contribution >= 4 is 0 Å². The van der Waals surface area contributed by atoms with Gasteiger partial charge in [-0.1, -0.05) is 13.8 Å². The first-order chi connectivity index (χ1) is 6.92. The average Bonchev–Trinajstić information content (AvgIpc) is 2.62. The summed E-state index contributed by atoms with van der Waals surface area (Å²) in [5.41, 5.74) is 5.87. The van der Waals surface area contributed by atoms with E-state index in [1.165, 1.54) is 6.42 Å². The minimum atomic E-state index is 0.0192. The molecule has 0 radical (unpaired) electrons. The smallest absolute Gasteiger partial charge is 0.0779 e. The molecule has 15 heavy (non-hydrogen) atoms. The predicted octanol–water partition coefficient (Wildman–Crippen LogP) is 1.52. The zero-order valence-electron chi connectivity index (χ0n) is 10.6. The van der Waals surface area contributed by atoms with Crippen LogP contribution in [0.3, 0.4) is 0 Å². The standard InChI is InChI=1S/C12H26N2O/c1-10(2)12(4,8-13)14-9-11(3)6-5-7-15-11/h10,14H,5-9,13H2,1-4H3. The van der Waals surface area contributed by atoms with Gasteiger partial charge in [0.15, 0.2) is 0 Å². The van der Waals surface area contributed by atoms with Gasteiger partial charge in [0.1, 0.15) is 0 Å². The lowest BCUT2D eigenvalue weighted by molar-refractivity contribution is 0.0127. The molecule has 2 atom stereocenters. The maximum absolute atomic E-state index is 5.83. The molecule has 3 N–H and O–H groups in total. The minimum absolute atomic E-state index is 0.0192. The highest BCUT2D eigenvalue weighted by Gasteiger charge is 2.33. The summed E-state index contributed by atoms with van der Waals surface area (Å²) in [6.45, 7) is 11.3. The van der Waals surface area contributed by atoms with E-state index >= 15 is 0 Å². The molecule has 1 rings (SSSR count). The SMILES string of the molecule is CC(C)C(C)(CN)NCC1(C)CCCO1.